The van der Waals surface area contributed by atoms with E-state index in [2.05, 4.69) is 9.88 Å². The van der Waals surface area contributed by atoms with Crippen LogP contribution in [-0.2, 0) is 11.3 Å². The zero-order chi connectivity index (χ0) is 21.0. The number of benzene rings is 1. The van der Waals surface area contributed by atoms with Crippen LogP contribution in [0.25, 0.3) is 0 Å². The van der Waals surface area contributed by atoms with Gasteiger partial charge >= 0.3 is 12.1 Å². The van der Waals surface area contributed by atoms with Crippen LogP contribution in [0, 0.1) is 6.92 Å². The number of esters is 1. The Morgan fingerprint density at radius 2 is 2.03 bits per heavy atom. The summed E-state index contributed by atoms with van der Waals surface area (Å²) in [6, 6.07) is 10.8. The summed E-state index contributed by atoms with van der Waals surface area (Å²) in [5.74, 6) is 0.886. The largest absolute Gasteiger partial charge is 0.473 e. The number of nitrogens with zero attached hydrogens (tertiary/aromatic N) is 3. The van der Waals surface area contributed by atoms with Crippen LogP contribution in [0.1, 0.15) is 28.4 Å². The molecule has 1 aromatic carbocycles. The molecule has 1 amide bonds. The molecule has 1 aliphatic rings. The van der Waals surface area contributed by atoms with E-state index < -0.39 is 6.09 Å². The standard InChI is InChI=1S/C21H25N3O5/c1-14-11-16(20(25)28-3)7-8-17(14)13-29-19-6-4-5-18(22-19)23-9-10-24(21(26)27)15(2)12-23/h4-8,11,15H,9-10,12-13H2,1-3H3,(H,26,27). The molecule has 1 atom stereocenters. The fourth-order valence-electron chi connectivity index (χ4n) is 3.36. The lowest BCUT2D eigenvalue weighted by atomic mass is 10.1. The molecule has 0 aliphatic carbocycles. The SMILES string of the molecule is COC(=O)c1ccc(COc2cccc(N3CCN(C(=O)O)C(C)C3)n2)c(C)c1. The first-order chi connectivity index (χ1) is 13.9. The van der Waals surface area contributed by atoms with Gasteiger partial charge in [0.1, 0.15) is 12.4 Å². The quantitative estimate of drug-likeness (QED) is 0.773. The molecule has 0 saturated carbocycles. The summed E-state index contributed by atoms with van der Waals surface area (Å²) < 4.78 is 10.6. The van der Waals surface area contributed by atoms with E-state index >= 15 is 0 Å². The summed E-state index contributed by atoms with van der Waals surface area (Å²) in [6.45, 7) is 5.74. The highest BCUT2D eigenvalue weighted by molar-refractivity contribution is 5.89. The summed E-state index contributed by atoms with van der Waals surface area (Å²) in [5.41, 5.74) is 2.39. The molecule has 1 aliphatic heterocycles. The highest BCUT2D eigenvalue weighted by Crippen LogP contribution is 2.21. The number of piperazine rings is 1. The van der Waals surface area contributed by atoms with Gasteiger partial charge in [0.2, 0.25) is 5.88 Å². The molecule has 8 nitrogen and oxygen atoms in total. The molecule has 1 N–H and O–H groups in total. The Hall–Kier alpha value is -3.29. The lowest BCUT2D eigenvalue weighted by Crippen LogP contribution is -2.53. The smallest absolute Gasteiger partial charge is 0.407 e. The van der Waals surface area contributed by atoms with Gasteiger partial charge in [-0.05, 0) is 43.2 Å². The van der Waals surface area contributed by atoms with E-state index in [0.29, 0.717) is 37.7 Å². The number of amides is 1. The van der Waals surface area contributed by atoms with Gasteiger partial charge in [0, 0.05) is 31.7 Å². The van der Waals surface area contributed by atoms with Crippen molar-refractivity contribution in [1.82, 2.24) is 9.88 Å². The molecule has 1 saturated heterocycles. The van der Waals surface area contributed by atoms with E-state index in [4.69, 9.17) is 9.47 Å². The van der Waals surface area contributed by atoms with Gasteiger partial charge in [-0.15, -0.1) is 0 Å². The molecule has 1 unspecified atom stereocenters. The molecule has 2 aromatic rings. The number of anilines is 1. The molecule has 1 aromatic heterocycles. The number of ether oxygens (including phenoxy) is 2. The number of hydrogen-bond acceptors (Lipinski definition) is 6. The first-order valence-electron chi connectivity index (χ1n) is 9.41. The lowest BCUT2D eigenvalue weighted by Gasteiger charge is -2.38. The monoisotopic (exact) mass is 399 g/mol. The van der Waals surface area contributed by atoms with E-state index in [0.717, 1.165) is 16.9 Å². The van der Waals surface area contributed by atoms with Crippen molar-refractivity contribution in [1.29, 1.82) is 0 Å². The maximum absolute atomic E-state index is 11.6. The molecule has 29 heavy (non-hydrogen) atoms. The molecule has 154 valence electrons. The third kappa shape index (κ3) is 4.77. The maximum atomic E-state index is 11.6. The van der Waals surface area contributed by atoms with Crippen molar-refractivity contribution in [2.75, 3.05) is 31.6 Å². The number of aromatic nitrogens is 1. The van der Waals surface area contributed by atoms with Crippen LogP contribution in [0.4, 0.5) is 10.6 Å². The summed E-state index contributed by atoms with van der Waals surface area (Å²) in [4.78, 5) is 30.9. The minimum absolute atomic E-state index is 0.108. The van der Waals surface area contributed by atoms with Crippen LogP contribution in [0.3, 0.4) is 0 Å². The molecule has 3 rings (SSSR count). The van der Waals surface area contributed by atoms with Crippen LogP contribution in [0.15, 0.2) is 36.4 Å². The van der Waals surface area contributed by atoms with E-state index in [9.17, 15) is 14.7 Å². The van der Waals surface area contributed by atoms with Gasteiger partial charge in [-0.1, -0.05) is 12.1 Å². The van der Waals surface area contributed by atoms with Crippen LogP contribution >= 0.6 is 0 Å². The Morgan fingerprint density at radius 1 is 1.24 bits per heavy atom. The minimum Gasteiger partial charge on any atom is -0.473 e. The molecule has 0 bridgehead atoms. The summed E-state index contributed by atoms with van der Waals surface area (Å²) >= 11 is 0. The Morgan fingerprint density at radius 3 is 2.69 bits per heavy atom. The average Bonchev–Trinajstić information content (AvgIpc) is 2.72. The zero-order valence-electron chi connectivity index (χ0n) is 16.8. The van der Waals surface area contributed by atoms with Crippen LogP contribution in [0.2, 0.25) is 0 Å². The number of carbonyl (C=O) groups is 2. The van der Waals surface area contributed by atoms with E-state index in [1.807, 2.05) is 32.0 Å². The number of carbonyl (C=O) groups excluding carboxylic acids is 1. The summed E-state index contributed by atoms with van der Waals surface area (Å²) in [7, 11) is 1.36. The number of hydrogen-bond donors (Lipinski definition) is 1. The molecule has 0 spiro atoms. The topological polar surface area (TPSA) is 92.2 Å². The molecule has 2 heterocycles. The van der Waals surface area contributed by atoms with Gasteiger partial charge in [-0.25, -0.2) is 9.59 Å². The Labute approximate surface area is 169 Å². The second-order valence-corrected chi connectivity index (χ2v) is 7.03. The molecule has 1 fully saturated rings. The fourth-order valence-corrected chi connectivity index (χ4v) is 3.36. The van der Waals surface area contributed by atoms with Gasteiger partial charge in [-0.3, -0.25) is 0 Å². The van der Waals surface area contributed by atoms with Crippen molar-refractivity contribution in [3.8, 4) is 5.88 Å². The van der Waals surface area contributed by atoms with Gasteiger partial charge in [0.25, 0.3) is 0 Å². The first-order valence-corrected chi connectivity index (χ1v) is 9.41. The Kier molecular flexibility index (Phi) is 6.21. The average molecular weight is 399 g/mol. The number of rotatable bonds is 5. The second-order valence-electron chi connectivity index (χ2n) is 7.03. The lowest BCUT2D eigenvalue weighted by molar-refractivity contribution is 0.0600. The third-order valence-corrected chi connectivity index (χ3v) is 5.05. The number of carboxylic acid groups (broad SMARTS) is 1. The zero-order valence-corrected chi connectivity index (χ0v) is 16.8. The Balaban J connectivity index is 1.65. The van der Waals surface area contributed by atoms with E-state index in [1.54, 1.807) is 18.2 Å². The van der Waals surface area contributed by atoms with Crippen LogP contribution < -0.4 is 9.64 Å². The van der Waals surface area contributed by atoms with Gasteiger partial charge in [-0.2, -0.15) is 4.98 Å². The van der Waals surface area contributed by atoms with Crippen molar-refractivity contribution in [2.24, 2.45) is 0 Å². The highest BCUT2D eigenvalue weighted by Gasteiger charge is 2.27. The van der Waals surface area contributed by atoms with Crippen molar-refractivity contribution < 1.29 is 24.2 Å². The van der Waals surface area contributed by atoms with E-state index in [1.165, 1.54) is 12.0 Å². The second kappa shape index (κ2) is 8.81. The predicted octanol–water partition coefficient (Wildman–Crippen LogP) is 2.94. The van der Waals surface area contributed by atoms with Crippen molar-refractivity contribution in [2.45, 2.75) is 26.5 Å². The summed E-state index contributed by atoms with van der Waals surface area (Å²) in [6.07, 6.45) is -0.893. The number of methoxy groups -OCH3 is 1. The predicted molar refractivity (Wildman–Crippen MR) is 107 cm³/mol. The van der Waals surface area contributed by atoms with Crippen LogP contribution in [0.5, 0.6) is 5.88 Å². The molecular formula is C21H25N3O5. The number of pyridine rings is 1. The highest BCUT2D eigenvalue weighted by atomic mass is 16.5. The minimum atomic E-state index is -0.893. The van der Waals surface area contributed by atoms with Crippen molar-refractivity contribution in [3.05, 3.63) is 53.1 Å². The summed E-state index contributed by atoms with van der Waals surface area (Å²) in [5, 5.41) is 9.22. The number of aryl methyl sites for hydroxylation is 1. The van der Waals surface area contributed by atoms with Crippen molar-refractivity contribution in [3.63, 3.8) is 0 Å². The maximum Gasteiger partial charge on any atom is 0.407 e. The first kappa shape index (κ1) is 20.4. The van der Waals surface area contributed by atoms with Gasteiger partial charge < -0.3 is 24.4 Å². The molecular weight excluding hydrogens is 374 g/mol. The normalized spacial score (nSPS) is 16.4. The van der Waals surface area contributed by atoms with Gasteiger partial charge in [0.05, 0.1) is 12.7 Å². The van der Waals surface area contributed by atoms with Crippen molar-refractivity contribution >= 4 is 17.9 Å². The van der Waals surface area contributed by atoms with E-state index in [-0.39, 0.29) is 12.0 Å². The Bertz CT molecular complexity index is 902. The van der Waals surface area contributed by atoms with Gasteiger partial charge in [0.15, 0.2) is 0 Å². The fraction of sp³-hybridized carbons (Fsp3) is 0.381. The van der Waals surface area contributed by atoms with Crippen LogP contribution in [-0.4, -0.2) is 59.8 Å². The third-order valence-electron chi connectivity index (χ3n) is 5.05. The molecule has 0 radical (unpaired) electrons. The molecule has 8 heteroatoms.